The Morgan fingerprint density at radius 3 is 1.72 bits per heavy atom. The van der Waals surface area contributed by atoms with Gasteiger partial charge in [0.15, 0.2) is 5.78 Å². The van der Waals surface area contributed by atoms with Gasteiger partial charge in [-0.1, -0.05) is 27.7 Å². The summed E-state index contributed by atoms with van der Waals surface area (Å²) in [5.41, 5.74) is 0. The molecule has 104 valence electrons. The molecule has 0 aliphatic carbocycles. The van der Waals surface area contributed by atoms with Crippen LogP contribution in [-0.2, 0) is 14.4 Å². The van der Waals surface area contributed by atoms with Crippen molar-refractivity contribution < 1.29 is 19.5 Å². The molecule has 0 radical (unpaired) electrons. The number of rotatable bonds is 8. The molecular formula is C13H23NO4. The van der Waals surface area contributed by atoms with Crippen molar-refractivity contribution in [3.05, 3.63) is 0 Å². The van der Waals surface area contributed by atoms with Crippen LogP contribution >= 0.6 is 0 Å². The second-order valence-electron chi connectivity index (χ2n) is 5.37. The standard InChI is InChI=1S/C13H23NO4/c1-9(2)7-14(8-10(3)4)12(16)5-11(15)6-13(17)18/h9-10H,5-8H2,1-4H3,(H,17,18). The first-order valence-electron chi connectivity index (χ1n) is 6.23. The molecule has 0 unspecified atom stereocenters. The molecule has 0 aromatic heterocycles. The Hall–Kier alpha value is -1.39. The van der Waals surface area contributed by atoms with Crippen LogP contribution in [0.2, 0.25) is 0 Å². The molecule has 0 aliphatic heterocycles. The molecule has 0 saturated heterocycles. The number of Topliss-reactive ketones (excluding diaryl/α,β-unsaturated/α-hetero) is 1. The molecule has 1 amide bonds. The molecular weight excluding hydrogens is 234 g/mol. The number of hydrogen-bond donors (Lipinski definition) is 1. The summed E-state index contributed by atoms with van der Waals surface area (Å²) < 4.78 is 0. The van der Waals surface area contributed by atoms with Crippen molar-refractivity contribution in [1.82, 2.24) is 4.90 Å². The van der Waals surface area contributed by atoms with Gasteiger partial charge in [-0.05, 0) is 11.8 Å². The molecule has 0 spiro atoms. The quantitative estimate of drug-likeness (QED) is 0.670. The molecule has 5 heteroatoms. The maximum absolute atomic E-state index is 11.9. The average Bonchev–Trinajstić information content (AvgIpc) is 2.13. The molecule has 0 saturated carbocycles. The Labute approximate surface area is 108 Å². The zero-order chi connectivity index (χ0) is 14.3. The second-order valence-corrected chi connectivity index (χ2v) is 5.37. The smallest absolute Gasteiger partial charge is 0.310 e. The molecule has 0 fully saturated rings. The van der Waals surface area contributed by atoms with Gasteiger partial charge in [0.05, 0.1) is 6.42 Å². The van der Waals surface area contributed by atoms with Gasteiger partial charge in [0, 0.05) is 13.1 Å². The Balaban J connectivity index is 4.45. The van der Waals surface area contributed by atoms with E-state index in [-0.39, 0.29) is 12.3 Å². The highest BCUT2D eigenvalue weighted by Gasteiger charge is 2.20. The molecule has 18 heavy (non-hydrogen) atoms. The van der Waals surface area contributed by atoms with Crippen molar-refractivity contribution in [2.75, 3.05) is 13.1 Å². The van der Waals surface area contributed by atoms with E-state index in [0.29, 0.717) is 24.9 Å². The van der Waals surface area contributed by atoms with Crippen LogP contribution in [0.4, 0.5) is 0 Å². The van der Waals surface area contributed by atoms with Crippen LogP contribution in [-0.4, -0.2) is 40.8 Å². The molecule has 0 bridgehead atoms. The Bertz CT molecular complexity index is 300. The minimum atomic E-state index is -1.19. The highest BCUT2D eigenvalue weighted by atomic mass is 16.4. The number of aliphatic carboxylic acids is 1. The molecule has 0 atom stereocenters. The van der Waals surface area contributed by atoms with Crippen LogP contribution < -0.4 is 0 Å². The van der Waals surface area contributed by atoms with Gasteiger partial charge in [-0.3, -0.25) is 14.4 Å². The fourth-order valence-corrected chi connectivity index (χ4v) is 1.67. The first kappa shape index (κ1) is 16.6. The SMILES string of the molecule is CC(C)CN(CC(C)C)C(=O)CC(=O)CC(=O)O. The average molecular weight is 257 g/mol. The highest BCUT2D eigenvalue weighted by Crippen LogP contribution is 2.07. The van der Waals surface area contributed by atoms with Crippen LogP contribution in [0.3, 0.4) is 0 Å². The maximum atomic E-state index is 11.9. The minimum absolute atomic E-state index is 0.274. The summed E-state index contributed by atoms with van der Waals surface area (Å²) in [6.45, 7) is 9.19. The number of hydrogen-bond acceptors (Lipinski definition) is 3. The number of carbonyl (C=O) groups excluding carboxylic acids is 2. The van der Waals surface area contributed by atoms with Gasteiger partial charge >= 0.3 is 5.97 Å². The third-order valence-corrected chi connectivity index (χ3v) is 2.22. The first-order valence-corrected chi connectivity index (χ1v) is 6.23. The van der Waals surface area contributed by atoms with E-state index in [9.17, 15) is 14.4 Å². The van der Waals surface area contributed by atoms with Gasteiger partial charge in [-0.2, -0.15) is 0 Å². The topological polar surface area (TPSA) is 74.7 Å². The van der Waals surface area contributed by atoms with Crippen molar-refractivity contribution in [3.63, 3.8) is 0 Å². The number of carboxylic acids is 1. The monoisotopic (exact) mass is 257 g/mol. The van der Waals surface area contributed by atoms with Gasteiger partial charge in [0.25, 0.3) is 0 Å². The zero-order valence-electron chi connectivity index (χ0n) is 11.6. The molecule has 0 aromatic rings. The zero-order valence-corrected chi connectivity index (χ0v) is 11.6. The molecule has 0 rings (SSSR count). The van der Waals surface area contributed by atoms with Crippen LogP contribution in [0.5, 0.6) is 0 Å². The third-order valence-electron chi connectivity index (χ3n) is 2.22. The predicted octanol–water partition coefficient (Wildman–Crippen LogP) is 1.56. The second kappa shape index (κ2) is 7.84. The highest BCUT2D eigenvalue weighted by molar-refractivity contribution is 6.04. The number of amides is 1. The molecule has 0 aromatic carbocycles. The van der Waals surface area contributed by atoms with E-state index in [1.807, 2.05) is 27.7 Å². The molecule has 0 heterocycles. The number of carboxylic acid groups (broad SMARTS) is 1. The van der Waals surface area contributed by atoms with Crippen molar-refractivity contribution in [2.45, 2.75) is 40.5 Å². The maximum Gasteiger partial charge on any atom is 0.310 e. The van der Waals surface area contributed by atoms with Crippen LogP contribution in [0.15, 0.2) is 0 Å². The van der Waals surface area contributed by atoms with Crippen LogP contribution in [0.1, 0.15) is 40.5 Å². The van der Waals surface area contributed by atoms with E-state index in [1.165, 1.54) is 0 Å². The van der Waals surface area contributed by atoms with Gasteiger partial charge in [0.1, 0.15) is 6.42 Å². The van der Waals surface area contributed by atoms with E-state index < -0.39 is 18.2 Å². The number of ketones is 1. The lowest BCUT2D eigenvalue weighted by Gasteiger charge is -2.26. The Kier molecular flexibility index (Phi) is 7.24. The predicted molar refractivity (Wildman–Crippen MR) is 68.1 cm³/mol. The third kappa shape index (κ3) is 7.81. The van der Waals surface area contributed by atoms with Gasteiger partial charge in [-0.15, -0.1) is 0 Å². The van der Waals surface area contributed by atoms with E-state index in [4.69, 9.17) is 5.11 Å². The summed E-state index contributed by atoms with van der Waals surface area (Å²) in [5.74, 6) is -1.36. The number of carbonyl (C=O) groups is 3. The van der Waals surface area contributed by atoms with Crippen molar-refractivity contribution in [2.24, 2.45) is 11.8 Å². The fourth-order valence-electron chi connectivity index (χ4n) is 1.67. The summed E-state index contributed by atoms with van der Waals surface area (Å²) in [6, 6.07) is 0. The molecule has 0 aliphatic rings. The van der Waals surface area contributed by atoms with Gasteiger partial charge < -0.3 is 10.0 Å². The summed E-state index contributed by atoms with van der Waals surface area (Å²) in [5, 5.41) is 8.48. The van der Waals surface area contributed by atoms with E-state index in [2.05, 4.69) is 0 Å². The van der Waals surface area contributed by atoms with Crippen LogP contribution in [0.25, 0.3) is 0 Å². The summed E-state index contributed by atoms with van der Waals surface area (Å²) in [4.78, 5) is 35.2. The molecule has 1 N–H and O–H groups in total. The van der Waals surface area contributed by atoms with Gasteiger partial charge in [-0.25, -0.2) is 0 Å². The van der Waals surface area contributed by atoms with Crippen molar-refractivity contribution in [3.8, 4) is 0 Å². The van der Waals surface area contributed by atoms with Crippen molar-refractivity contribution in [1.29, 1.82) is 0 Å². The van der Waals surface area contributed by atoms with E-state index >= 15 is 0 Å². The van der Waals surface area contributed by atoms with E-state index in [1.54, 1.807) is 4.90 Å². The Morgan fingerprint density at radius 2 is 1.39 bits per heavy atom. The Morgan fingerprint density at radius 1 is 0.944 bits per heavy atom. The van der Waals surface area contributed by atoms with E-state index in [0.717, 1.165) is 0 Å². The van der Waals surface area contributed by atoms with Crippen LogP contribution in [0, 0.1) is 11.8 Å². The fraction of sp³-hybridized carbons (Fsp3) is 0.769. The summed E-state index contributed by atoms with van der Waals surface area (Å²) in [7, 11) is 0. The van der Waals surface area contributed by atoms with Gasteiger partial charge in [0.2, 0.25) is 5.91 Å². The summed E-state index contributed by atoms with van der Waals surface area (Å²) in [6.07, 6.45) is -0.894. The largest absolute Gasteiger partial charge is 0.481 e. The lowest BCUT2D eigenvalue weighted by molar-refractivity contribution is -0.141. The normalized spacial score (nSPS) is 10.8. The van der Waals surface area contributed by atoms with Crippen molar-refractivity contribution >= 4 is 17.7 Å². The lowest BCUT2D eigenvalue weighted by Crippen LogP contribution is -2.38. The minimum Gasteiger partial charge on any atom is -0.481 e. The summed E-state index contributed by atoms with van der Waals surface area (Å²) >= 11 is 0. The first-order chi connectivity index (χ1) is 8.22. The lowest BCUT2D eigenvalue weighted by atomic mass is 10.1. The number of nitrogens with zero attached hydrogens (tertiary/aromatic N) is 1. The molecule has 5 nitrogen and oxygen atoms in total.